The van der Waals surface area contributed by atoms with Gasteiger partial charge >= 0.3 is 0 Å². The van der Waals surface area contributed by atoms with Crippen LogP contribution in [0.4, 0.5) is 0 Å². The van der Waals surface area contributed by atoms with E-state index in [1.165, 1.54) is 49.3 Å². The van der Waals surface area contributed by atoms with Crippen LogP contribution in [0.25, 0.3) is 0 Å². The van der Waals surface area contributed by atoms with Crippen molar-refractivity contribution >= 4 is 31.7 Å². The van der Waals surface area contributed by atoms with Crippen LogP contribution in [-0.4, -0.2) is 73.9 Å². The summed E-state index contributed by atoms with van der Waals surface area (Å²) in [5, 5.41) is 24.0. The monoisotopic (exact) mass is 652 g/mol. The second kappa shape index (κ2) is 36.6. The van der Waals surface area contributed by atoms with E-state index in [4.69, 9.17) is 21.6 Å². The van der Waals surface area contributed by atoms with Crippen molar-refractivity contribution in [1.82, 2.24) is 0 Å². The van der Waals surface area contributed by atoms with E-state index in [2.05, 4.69) is 55.4 Å². The smallest absolute Gasteiger partial charge is 0 e. The van der Waals surface area contributed by atoms with Gasteiger partial charge in [0.1, 0.15) is 0 Å². The van der Waals surface area contributed by atoms with E-state index >= 15 is 0 Å². The molecule has 0 rings (SSSR count). The Hall–Kier alpha value is 1.25. The summed E-state index contributed by atoms with van der Waals surface area (Å²) in [7, 11) is 1.66. The first-order chi connectivity index (χ1) is 13.6. The third-order valence-corrected chi connectivity index (χ3v) is 16.3. The van der Waals surface area contributed by atoms with Crippen molar-refractivity contribution in [2.24, 2.45) is 0 Å². The fourth-order valence-corrected chi connectivity index (χ4v) is 11.6. The predicted molar refractivity (Wildman–Crippen MR) is 138 cm³/mol. The molecule has 174 valence electrons. The van der Waals surface area contributed by atoms with Gasteiger partial charge in [0.05, 0.1) is 0 Å². The molecular formula is C20H48N4P4W. The van der Waals surface area contributed by atoms with Crippen molar-refractivity contribution in [2.45, 2.75) is 55.4 Å². The normalized spacial score (nSPS) is 9.66. The topological polar surface area (TPSA) is 95.2 Å². The second-order valence-electron chi connectivity index (χ2n) is 6.11. The Balaban J connectivity index is -0.000000109. The van der Waals surface area contributed by atoms with Crippen LogP contribution >= 0.6 is 31.7 Å². The van der Waals surface area contributed by atoms with Crippen molar-refractivity contribution < 1.29 is 21.1 Å². The fraction of sp³-hybridized carbons (Fsp3) is 1.00. The van der Waals surface area contributed by atoms with Gasteiger partial charge in [0.2, 0.25) is 0 Å². The molecule has 0 atom stereocenters. The zero-order valence-electron chi connectivity index (χ0n) is 20.5. The third kappa shape index (κ3) is 29.2. The Morgan fingerprint density at radius 1 is 0.345 bits per heavy atom. The second-order valence-corrected chi connectivity index (χ2v) is 18.3. The summed E-state index contributed by atoms with van der Waals surface area (Å²) in [4.78, 5) is 0. The number of rotatable bonds is 14. The molecule has 0 radical (unpaired) electrons. The zero-order chi connectivity index (χ0) is 22.8. The Morgan fingerprint density at radius 2 is 0.448 bits per heavy atom. The first kappa shape index (κ1) is 40.6. The summed E-state index contributed by atoms with van der Waals surface area (Å²) in [5.41, 5.74) is 0. The maximum absolute atomic E-state index is 6.00. The van der Waals surface area contributed by atoms with E-state index in [9.17, 15) is 0 Å². The van der Waals surface area contributed by atoms with Gasteiger partial charge in [-0.2, -0.15) is 0 Å². The van der Waals surface area contributed by atoms with Crippen LogP contribution in [0.15, 0.2) is 0 Å². The third-order valence-electron chi connectivity index (χ3n) is 5.04. The molecule has 29 heavy (non-hydrogen) atoms. The molecular weight excluding hydrogens is 604 g/mol. The Kier molecular flexibility index (Phi) is 51.2. The quantitative estimate of drug-likeness (QED) is 0.140. The standard InChI is InChI=1S/2C10H24P2.2N2.W/c2*1-5-11(6-2)9-10-12(7-3)8-4;2*1-2;/h2*5-10H2,1-4H3;;;. The van der Waals surface area contributed by atoms with Crippen LogP contribution in [0.5, 0.6) is 0 Å². The predicted octanol–water partition coefficient (Wildman–Crippen LogP) is 8.12. The Morgan fingerprint density at radius 3 is 0.517 bits per heavy atom. The average Bonchev–Trinajstić information content (AvgIpc) is 2.78. The minimum Gasteiger partial charge on any atom is -0.107 e. The van der Waals surface area contributed by atoms with Gasteiger partial charge in [-0.1, -0.05) is 55.4 Å². The molecule has 4 nitrogen and oxygen atoms in total. The van der Waals surface area contributed by atoms with E-state index in [0.717, 1.165) is 0 Å². The fourth-order valence-electron chi connectivity index (χ4n) is 2.73. The van der Waals surface area contributed by atoms with E-state index in [1.807, 2.05) is 0 Å². The van der Waals surface area contributed by atoms with Gasteiger partial charge in [0.15, 0.2) is 0 Å². The molecule has 0 bridgehead atoms. The first-order valence-electron chi connectivity index (χ1n) is 10.9. The maximum Gasteiger partial charge on any atom is 0 e. The molecule has 0 heterocycles. The summed E-state index contributed by atoms with van der Waals surface area (Å²) in [6.07, 6.45) is 17.8. The molecule has 0 spiro atoms. The maximum atomic E-state index is 6.00. The summed E-state index contributed by atoms with van der Waals surface area (Å²) < 4.78 is 0. The molecule has 9 heteroatoms. The summed E-state index contributed by atoms with van der Waals surface area (Å²) in [5.74, 6) is 0. The average molecular weight is 652 g/mol. The van der Waals surface area contributed by atoms with Crippen molar-refractivity contribution in [2.75, 3.05) is 73.9 Å². The van der Waals surface area contributed by atoms with Crippen molar-refractivity contribution in [3.05, 3.63) is 0 Å². The minimum atomic E-state index is 0. The zero-order valence-corrected chi connectivity index (χ0v) is 27.0. The molecule has 0 fully saturated rings. The molecule has 0 unspecified atom stereocenters. The van der Waals surface area contributed by atoms with Gasteiger partial charge in [0.25, 0.3) is 0 Å². The van der Waals surface area contributed by atoms with E-state index in [-0.39, 0.29) is 21.1 Å². The van der Waals surface area contributed by atoms with Crippen LogP contribution < -0.4 is 0 Å². The number of hydrogen-bond donors (Lipinski definition) is 0. The van der Waals surface area contributed by atoms with Gasteiger partial charge in [-0.15, -0.1) is 31.7 Å². The van der Waals surface area contributed by atoms with Gasteiger partial charge in [0, 0.05) is 42.6 Å². The van der Waals surface area contributed by atoms with Gasteiger partial charge in [-0.05, 0) is 73.9 Å². The van der Waals surface area contributed by atoms with Crippen LogP contribution in [-0.2, 0) is 21.1 Å². The molecule has 0 aliphatic carbocycles. The van der Waals surface area contributed by atoms with Crippen LogP contribution in [0, 0.1) is 21.6 Å². The van der Waals surface area contributed by atoms with Gasteiger partial charge in [-0.25, -0.2) is 0 Å². The van der Waals surface area contributed by atoms with E-state index < -0.39 is 0 Å². The summed E-state index contributed by atoms with van der Waals surface area (Å²) >= 11 is 0. The number of hydrogen-bond acceptors (Lipinski definition) is 4. The molecule has 0 aliphatic heterocycles. The molecule has 0 saturated heterocycles. The van der Waals surface area contributed by atoms with E-state index in [1.54, 1.807) is 24.6 Å². The molecule has 0 amide bonds. The van der Waals surface area contributed by atoms with E-state index in [0.29, 0.717) is 31.7 Å². The summed E-state index contributed by atoms with van der Waals surface area (Å²) in [6, 6.07) is 0. The molecule has 0 aromatic rings. The summed E-state index contributed by atoms with van der Waals surface area (Å²) in [6.45, 7) is 18.9. The molecule has 0 aliphatic rings. The van der Waals surface area contributed by atoms with Gasteiger partial charge < -0.3 is 0 Å². The van der Waals surface area contributed by atoms with Crippen molar-refractivity contribution in [3.8, 4) is 0 Å². The molecule has 0 N–H and O–H groups in total. The Bertz CT molecular complexity index is 253. The largest absolute Gasteiger partial charge is 0.107 e. The van der Waals surface area contributed by atoms with Crippen LogP contribution in [0.3, 0.4) is 0 Å². The van der Waals surface area contributed by atoms with Crippen molar-refractivity contribution in [3.63, 3.8) is 0 Å². The van der Waals surface area contributed by atoms with Crippen LogP contribution in [0.1, 0.15) is 55.4 Å². The van der Waals surface area contributed by atoms with Crippen LogP contribution in [0.2, 0.25) is 0 Å². The number of nitrogens with zero attached hydrogens (tertiary/aromatic N) is 4. The minimum absolute atomic E-state index is 0. The molecule has 0 aromatic carbocycles. The van der Waals surface area contributed by atoms with Crippen molar-refractivity contribution in [1.29, 1.82) is 21.6 Å². The molecule has 0 aromatic heterocycles. The molecule has 0 saturated carbocycles. The Labute approximate surface area is 203 Å². The first-order valence-corrected chi connectivity index (χ1v) is 18.4. The van der Waals surface area contributed by atoms with Gasteiger partial charge in [-0.3, -0.25) is 0 Å². The SMILES string of the molecule is CCP(CC)CCP(CC)CC.CCP(CC)CCP(CC)CC.N#N.N#N.[W].